The number of rotatable bonds is 4. The third-order valence-corrected chi connectivity index (χ3v) is 11.3. The van der Waals surface area contributed by atoms with Crippen molar-refractivity contribution in [3.63, 3.8) is 0 Å². The topological polar surface area (TPSA) is 37.3 Å². The molecule has 1 N–H and O–H groups in total. The summed E-state index contributed by atoms with van der Waals surface area (Å²) in [6.07, 6.45) is 10.7. The van der Waals surface area contributed by atoms with Gasteiger partial charge in [0, 0.05) is 22.0 Å². The monoisotopic (exact) mass is 484 g/mol. The number of fused-ring (bicyclic) bond motifs is 6. The first-order valence-electron chi connectivity index (χ1n) is 13.2. The fourth-order valence-electron chi connectivity index (χ4n) is 8.59. The standard InChI is InChI=1S/C32H36O2S/c1-20(19-35-29-10-6-8-21-7-4-5-9-24(21)29)26-13-14-27-25-12-11-22-17-23(33)15-16-31(22,2)30(25)28(34)18-32(26,27)3/h4-10,15-17,25-28,30,34H,1,11-14,18-19H2,2-3H3/t25?,26?,27?,28-,30?,31?,32?/m0/s1. The number of allylic oxidation sites excluding steroid dienone is 4. The third kappa shape index (κ3) is 3.61. The van der Waals surface area contributed by atoms with Crippen LogP contribution in [0.2, 0.25) is 0 Å². The van der Waals surface area contributed by atoms with E-state index in [2.05, 4.69) is 69.0 Å². The first-order chi connectivity index (χ1) is 16.8. The van der Waals surface area contributed by atoms with E-state index in [1.54, 1.807) is 6.08 Å². The molecule has 0 aromatic heterocycles. The number of hydrogen-bond donors (Lipinski definition) is 1. The van der Waals surface area contributed by atoms with Crippen LogP contribution in [-0.2, 0) is 4.79 Å². The average Bonchev–Trinajstić information content (AvgIpc) is 3.19. The van der Waals surface area contributed by atoms with Crippen molar-refractivity contribution in [2.45, 2.75) is 57.0 Å². The fourth-order valence-corrected chi connectivity index (χ4v) is 9.65. The van der Waals surface area contributed by atoms with Crippen molar-refractivity contribution in [1.82, 2.24) is 0 Å². The molecule has 0 heterocycles. The molecular formula is C32H36O2S. The number of benzene rings is 2. The lowest BCUT2D eigenvalue weighted by molar-refractivity contribution is -0.116. The second-order valence-corrected chi connectivity index (χ2v) is 12.9. The van der Waals surface area contributed by atoms with Crippen LogP contribution in [0.15, 0.2) is 83.3 Å². The molecule has 35 heavy (non-hydrogen) atoms. The Morgan fingerprint density at radius 2 is 1.91 bits per heavy atom. The molecular weight excluding hydrogens is 448 g/mol. The van der Waals surface area contributed by atoms with Crippen LogP contribution in [0.25, 0.3) is 10.8 Å². The van der Waals surface area contributed by atoms with Crippen LogP contribution in [0.3, 0.4) is 0 Å². The maximum absolute atomic E-state index is 12.1. The predicted octanol–water partition coefficient (Wildman–Crippen LogP) is 7.38. The van der Waals surface area contributed by atoms with E-state index in [1.807, 2.05) is 17.8 Å². The van der Waals surface area contributed by atoms with Gasteiger partial charge in [0.1, 0.15) is 0 Å². The number of carbonyl (C=O) groups is 1. The summed E-state index contributed by atoms with van der Waals surface area (Å²) in [6.45, 7) is 9.33. The lowest BCUT2D eigenvalue weighted by atomic mass is 9.46. The van der Waals surface area contributed by atoms with Crippen molar-refractivity contribution < 1.29 is 9.90 Å². The third-order valence-electron chi connectivity index (χ3n) is 10.1. The van der Waals surface area contributed by atoms with Crippen molar-refractivity contribution >= 4 is 28.3 Å². The number of aliphatic hydroxyl groups is 1. The smallest absolute Gasteiger partial charge is 0.178 e. The first kappa shape index (κ1) is 23.3. The predicted molar refractivity (Wildman–Crippen MR) is 145 cm³/mol. The first-order valence-corrected chi connectivity index (χ1v) is 14.2. The summed E-state index contributed by atoms with van der Waals surface area (Å²) in [5.74, 6) is 2.82. The number of carbonyl (C=O) groups excluding carboxylic acids is 1. The molecule has 3 fully saturated rings. The second-order valence-electron chi connectivity index (χ2n) is 11.9. The van der Waals surface area contributed by atoms with E-state index in [9.17, 15) is 9.90 Å². The Balaban J connectivity index is 1.22. The lowest BCUT2D eigenvalue weighted by Gasteiger charge is -2.59. The zero-order valence-corrected chi connectivity index (χ0v) is 21.7. The van der Waals surface area contributed by atoms with Crippen molar-refractivity contribution in [1.29, 1.82) is 0 Å². The molecule has 4 aliphatic rings. The highest BCUT2D eigenvalue weighted by molar-refractivity contribution is 7.99. The van der Waals surface area contributed by atoms with Gasteiger partial charge >= 0.3 is 0 Å². The molecule has 0 saturated heterocycles. The van der Waals surface area contributed by atoms with Gasteiger partial charge in [0.05, 0.1) is 6.10 Å². The largest absolute Gasteiger partial charge is 0.393 e. The molecule has 0 aliphatic heterocycles. The summed E-state index contributed by atoms with van der Waals surface area (Å²) < 4.78 is 0. The van der Waals surface area contributed by atoms with E-state index in [1.165, 1.54) is 39.7 Å². The summed E-state index contributed by atoms with van der Waals surface area (Å²) >= 11 is 1.91. The average molecular weight is 485 g/mol. The minimum absolute atomic E-state index is 0.1000. The van der Waals surface area contributed by atoms with Gasteiger partial charge in [-0.25, -0.2) is 0 Å². The van der Waals surface area contributed by atoms with Gasteiger partial charge in [-0.1, -0.05) is 74.0 Å². The number of ketones is 1. The molecule has 182 valence electrons. The van der Waals surface area contributed by atoms with Crippen molar-refractivity contribution in [3.8, 4) is 0 Å². The summed E-state index contributed by atoms with van der Waals surface area (Å²) in [5, 5.41) is 14.2. The van der Waals surface area contributed by atoms with E-state index < -0.39 is 0 Å². The molecule has 2 aromatic rings. The minimum atomic E-state index is -0.341. The van der Waals surface area contributed by atoms with Gasteiger partial charge in [-0.05, 0) is 84.3 Å². The van der Waals surface area contributed by atoms with Crippen molar-refractivity contribution in [3.05, 3.63) is 78.4 Å². The van der Waals surface area contributed by atoms with Crippen LogP contribution < -0.4 is 0 Å². The van der Waals surface area contributed by atoms with Gasteiger partial charge in [-0.2, -0.15) is 0 Å². The molecule has 6 rings (SSSR count). The van der Waals surface area contributed by atoms with Crippen LogP contribution in [0.1, 0.15) is 46.0 Å². The summed E-state index contributed by atoms with van der Waals surface area (Å²) in [5.41, 5.74) is 2.49. The number of thioether (sulfide) groups is 1. The maximum atomic E-state index is 12.1. The van der Waals surface area contributed by atoms with Gasteiger partial charge in [0.25, 0.3) is 0 Å². The van der Waals surface area contributed by atoms with Gasteiger partial charge < -0.3 is 5.11 Å². The van der Waals surface area contributed by atoms with Gasteiger partial charge in [-0.3, -0.25) is 4.79 Å². The lowest BCUT2D eigenvalue weighted by Crippen LogP contribution is -2.56. The molecule has 0 spiro atoms. The Morgan fingerprint density at radius 1 is 1.11 bits per heavy atom. The van der Waals surface area contributed by atoms with E-state index in [-0.39, 0.29) is 28.6 Å². The van der Waals surface area contributed by atoms with Gasteiger partial charge in [-0.15, -0.1) is 11.8 Å². The molecule has 0 radical (unpaired) electrons. The Labute approximate surface area is 213 Å². The molecule has 7 atom stereocenters. The van der Waals surface area contributed by atoms with Crippen LogP contribution in [0.4, 0.5) is 0 Å². The highest BCUT2D eigenvalue weighted by Gasteiger charge is 2.61. The van der Waals surface area contributed by atoms with Gasteiger partial charge in [0.2, 0.25) is 0 Å². The number of hydrogen-bond acceptors (Lipinski definition) is 3. The van der Waals surface area contributed by atoms with E-state index in [4.69, 9.17) is 0 Å². The highest BCUT2D eigenvalue weighted by atomic mass is 32.2. The maximum Gasteiger partial charge on any atom is 0.178 e. The van der Waals surface area contributed by atoms with E-state index >= 15 is 0 Å². The zero-order chi connectivity index (χ0) is 24.4. The SMILES string of the molecule is C=C(CSc1cccc2ccccc12)C1CCC2C3CCC4=CC(=O)C=CC4(C)C3[C@@H](O)CC12C. The molecule has 0 amide bonds. The minimum Gasteiger partial charge on any atom is -0.393 e. The van der Waals surface area contributed by atoms with Crippen molar-refractivity contribution in [2.75, 3.05) is 5.75 Å². The van der Waals surface area contributed by atoms with Crippen molar-refractivity contribution in [2.24, 2.45) is 34.5 Å². The Morgan fingerprint density at radius 3 is 2.77 bits per heavy atom. The van der Waals surface area contributed by atoms with Crippen LogP contribution in [0, 0.1) is 34.5 Å². The Bertz CT molecular complexity index is 1250. The van der Waals surface area contributed by atoms with E-state index in [0.29, 0.717) is 17.8 Å². The summed E-state index contributed by atoms with van der Waals surface area (Å²) in [4.78, 5) is 13.4. The Kier molecular flexibility index (Phi) is 5.65. The van der Waals surface area contributed by atoms with Crippen LogP contribution >= 0.6 is 11.8 Å². The molecule has 6 unspecified atom stereocenters. The highest BCUT2D eigenvalue weighted by Crippen LogP contribution is 2.67. The quantitative estimate of drug-likeness (QED) is 0.363. The molecule has 3 saturated carbocycles. The summed E-state index contributed by atoms with van der Waals surface area (Å²) in [7, 11) is 0. The molecule has 0 bridgehead atoms. The van der Waals surface area contributed by atoms with E-state index in [0.717, 1.165) is 25.0 Å². The molecule has 4 aliphatic carbocycles. The number of aliphatic hydroxyl groups excluding tert-OH is 1. The molecule has 2 aromatic carbocycles. The summed E-state index contributed by atoms with van der Waals surface area (Å²) in [6, 6.07) is 15.2. The Hall–Kier alpha value is -2.10. The zero-order valence-electron chi connectivity index (χ0n) is 20.9. The molecule has 3 heteroatoms. The van der Waals surface area contributed by atoms with Gasteiger partial charge in [0.15, 0.2) is 5.78 Å². The second kappa shape index (κ2) is 8.49. The molecule has 2 nitrogen and oxygen atoms in total. The van der Waals surface area contributed by atoms with Crippen LogP contribution in [-0.4, -0.2) is 22.7 Å². The fraction of sp³-hybridized carbons (Fsp3) is 0.469. The van der Waals surface area contributed by atoms with Crippen LogP contribution in [0.5, 0.6) is 0 Å². The normalized spacial score (nSPS) is 38.0.